The Labute approximate surface area is 237 Å². The van der Waals surface area contributed by atoms with Crippen LogP contribution in [-0.2, 0) is 12.8 Å². The highest BCUT2D eigenvalue weighted by Crippen LogP contribution is 2.28. The van der Waals surface area contributed by atoms with Crippen LogP contribution in [0.1, 0.15) is 29.7 Å². The van der Waals surface area contributed by atoms with Crippen molar-refractivity contribution in [3.8, 4) is 17.2 Å². The molecule has 0 bridgehead atoms. The van der Waals surface area contributed by atoms with E-state index in [1.807, 2.05) is 54.6 Å². The lowest BCUT2D eigenvalue weighted by atomic mass is 10.0. The number of hydrogen-bond donors (Lipinski definition) is 0. The maximum atomic E-state index is 7.00. The summed E-state index contributed by atoms with van der Waals surface area (Å²) in [5, 5.41) is 0. The van der Waals surface area contributed by atoms with Gasteiger partial charge in [-0.2, -0.15) is 0 Å². The van der Waals surface area contributed by atoms with Crippen LogP contribution in [0.4, 0.5) is 5.69 Å². The molecule has 0 atom stereocenters. The average Bonchev–Trinajstić information content (AvgIpc) is 2.89. The number of halogens is 2. The molecule has 0 aliphatic heterocycles. The van der Waals surface area contributed by atoms with Crippen LogP contribution in [0.5, 0.6) is 17.2 Å². The molecule has 4 aromatic carbocycles. The number of benzene rings is 4. The minimum absolute atomic E-state index is 0. The van der Waals surface area contributed by atoms with Gasteiger partial charge in [-0.05, 0) is 58.7 Å². The van der Waals surface area contributed by atoms with E-state index < -0.39 is 0 Å². The molecule has 0 aromatic heterocycles. The first-order chi connectivity index (χ1) is 17.4. The van der Waals surface area contributed by atoms with E-state index in [1.165, 1.54) is 11.1 Å². The molecule has 0 aliphatic carbocycles. The van der Waals surface area contributed by atoms with Gasteiger partial charge in [0.05, 0.1) is 27.9 Å². The van der Waals surface area contributed by atoms with E-state index in [2.05, 4.69) is 61.0 Å². The van der Waals surface area contributed by atoms with Crippen LogP contribution in [0.2, 0.25) is 0 Å². The summed E-state index contributed by atoms with van der Waals surface area (Å²) in [6.45, 7) is 7.00. The fraction of sp³-hybridized carbons (Fsp3) is 0.194. The third-order valence-corrected chi connectivity index (χ3v) is 6.45. The van der Waals surface area contributed by atoms with E-state index in [1.54, 1.807) is 27.4 Å². The van der Waals surface area contributed by atoms with Crippen LogP contribution >= 0.6 is 31.9 Å². The van der Waals surface area contributed by atoms with Gasteiger partial charge in [-0.3, -0.25) is 0 Å². The van der Waals surface area contributed by atoms with Crippen LogP contribution in [0, 0.1) is 6.57 Å². The van der Waals surface area contributed by atoms with Crippen molar-refractivity contribution in [1.29, 1.82) is 0 Å². The molecule has 4 rings (SSSR count). The highest BCUT2D eigenvalue weighted by atomic mass is 79.9. The second-order valence-corrected chi connectivity index (χ2v) is 9.73. The van der Waals surface area contributed by atoms with Crippen LogP contribution in [0.25, 0.3) is 4.85 Å². The van der Waals surface area contributed by atoms with Crippen molar-refractivity contribution >= 4 is 37.5 Å². The molecular formula is C31H31Br2NO3. The Hall–Kier alpha value is -3.27. The van der Waals surface area contributed by atoms with Crippen molar-refractivity contribution in [2.75, 3.05) is 21.3 Å². The summed E-state index contributed by atoms with van der Waals surface area (Å²) in [7, 11) is 4.97. The van der Waals surface area contributed by atoms with Gasteiger partial charge >= 0.3 is 0 Å². The Morgan fingerprint density at radius 1 is 0.649 bits per heavy atom. The predicted octanol–water partition coefficient (Wildman–Crippen LogP) is 9.29. The number of rotatable bonds is 7. The molecule has 0 aliphatic rings. The zero-order valence-corrected chi connectivity index (χ0v) is 23.6. The quantitative estimate of drug-likeness (QED) is 0.192. The van der Waals surface area contributed by atoms with Crippen LogP contribution < -0.4 is 14.2 Å². The van der Waals surface area contributed by atoms with Gasteiger partial charge in [0.15, 0.2) is 5.69 Å². The van der Waals surface area contributed by atoms with Crippen molar-refractivity contribution < 1.29 is 14.2 Å². The second-order valence-electron chi connectivity index (χ2n) is 7.90. The molecule has 192 valence electrons. The minimum atomic E-state index is 0. The Balaban J connectivity index is 0.000000253. The number of hydrogen-bond acceptors (Lipinski definition) is 3. The van der Waals surface area contributed by atoms with Crippen LogP contribution in [0.15, 0.2) is 93.9 Å². The Bertz CT molecular complexity index is 1350. The van der Waals surface area contributed by atoms with Gasteiger partial charge < -0.3 is 14.2 Å². The van der Waals surface area contributed by atoms with Crippen molar-refractivity contribution in [2.45, 2.75) is 20.3 Å². The summed E-state index contributed by atoms with van der Waals surface area (Å²) in [6.07, 6.45) is 1.63. The highest BCUT2D eigenvalue weighted by molar-refractivity contribution is 9.10. The van der Waals surface area contributed by atoms with Gasteiger partial charge in [0.25, 0.3) is 0 Å². The molecule has 0 saturated heterocycles. The zero-order valence-electron chi connectivity index (χ0n) is 20.4. The second kappa shape index (κ2) is 15.1. The third-order valence-electron chi connectivity index (χ3n) is 5.46. The van der Waals surface area contributed by atoms with Crippen LogP contribution in [-0.4, -0.2) is 21.3 Å². The summed E-state index contributed by atoms with van der Waals surface area (Å²) in [5.41, 5.74) is 5.29. The zero-order chi connectivity index (χ0) is 25.9. The number of methoxy groups -OCH3 is 3. The molecule has 0 radical (unpaired) electrons. The molecule has 4 nitrogen and oxygen atoms in total. The van der Waals surface area contributed by atoms with E-state index in [-0.39, 0.29) is 7.43 Å². The van der Waals surface area contributed by atoms with Gasteiger partial charge in [-0.25, -0.2) is 4.85 Å². The number of ether oxygens (including phenoxy) is 3. The fourth-order valence-corrected chi connectivity index (χ4v) is 4.57. The molecule has 0 fully saturated rings. The maximum absolute atomic E-state index is 7.00. The van der Waals surface area contributed by atoms with Gasteiger partial charge in [-0.1, -0.05) is 81.8 Å². The first-order valence-corrected chi connectivity index (χ1v) is 12.8. The molecule has 6 heteroatoms. The largest absolute Gasteiger partial charge is 0.498 e. The van der Waals surface area contributed by atoms with E-state index in [4.69, 9.17) is 20.8 Å². The molecule has 4 aromatic rings. The van der Waals surface area contributed by atoms with Crippen molar-refractivity contribution in [2.24, 2.45) is 0 Å². The SMILES string of the molecule is C.COc1ccc(Cc2cccc(Br)c2)c(OC)c1.[C-]#[N+]c1ccc(Cc2cccc(Br)c2)c(OC)c1. The van der Waals surface area contributed by atoms with Gasteiger partial charge in [-0.15, -0.1) is 0 Å². The van der Waals surface area contributed by atoms with Crippen molar-refractivity contribution in [1.82, 2.24) is 0 Å². The normalized spacial score (nSPS) is 9.73. The minimum Gasteiger partial charge on any atom is -0.498 e. The summed E-state index contributed by atoms with van der Waals surface area (Å²) >= 11 is 6.95. The van der Waals surface area contributed by atoms with Crippen molar-refractivity contribution in [3.05, 3.63) is 128 Å². The summed E-state index contributed by atoms with van der Waals surface area (Å²) in [5.74, 6) is 2.43. The topological polar surface area (TPSA) is 32.0 Å². The first kappa shape index (κ1) is 30.0. The van der Waals surface area contributed by atoms with Crippen molar-refractivity contribution in [3.63, 3.8) is 0 Å². The predicted molar refractivity (Wildman–Crippen MR) is 159 cm³/mol. The Morgan fingerprint density at radius 3 is 1.62 bits per heavy atom. The van der Waals surface area contributed by atoms with Crippen LogP contribution in [0.3, 0.4) is 0 Å². The lowest BCUT2D eigenvalue weighted by Crippen LogP contribution is -1.95. The summed E-state index contributed by atoms with van der Waals surface area (Å²) in [4.78, 5) is 3.40. The van der Waals surface area contributed by atoms with E-state index in [0.717, 1.165) is 50.2 Å². The van der Waals surface area contributed by atoms with E-state index in [9.17, 15) is 0 Å². The highest BCUT2D eigenvalue weighted by Gasteiger charge is 2.07. The molecule has 0 saturated carbocycles. The summed E-state index contributed by atoms with van der Waals surface area (Å²) < 4.78 is 18.1. The maximum Gasteiger partial charge on any atom is 0.190 e. The van der Waals surface area contributed by atoms with Gasteiger partial charge in [0.2, 0.25) is 0 Å². The Morgan fingerprint density at radius 2 is 1.16 bits per heavy atom. The molecule has 37 heavy (non-hydrogen) atoms. The smallest absolute Gasteiger partial charge is 0.190 e. The molecule has 0 spiro atoms. The lowest BCUT2D eigenvalue weighted by Gasteiger charge is -2.10. The molecule has 0 amide bonds. The summed E-state index contributed by atoms with van der Waals surface area (Å²) in [6, 6.07) is 27.9. The fourth-order valence-electron chi connectivity index (χ4n) is 3.68. The van der Waals surface area contributed by atoms with E-state index >= 15 is 0 Å². The number of nitrogens with zero attached hydrogens (tertiary/aromatic N) is 1. The van der Waals surface area contributed by atoms with E-state index in [0.29, 0.717) is 5.69 Å². The molecular weight excluding hydrogens is 594 g/mol. The standard InChI is InChI=1S/C15H12BrNO.C15H15BrO2.CH4/c2*1-17-14-7-6-12(15(10-14)18-2)8-11-4-3-5-13(16)9-11;/h3-7,9-10H,8H2,2H3;3-7,9-10H,8H2,1-2H3;1H4. The van der Waals surface area contributed by atoms with Gasteiger partial charge in [0.1, 0.15) is 17.2 Å². The third kappa shape index (κ3) is 8.96. The Kier molecular flexibility index (Phi) is 12.2. The van der Waals surface area contributed by atoms with Gasteiger partial charge in [0, 0.05) is 27.9 Å². The average molecular weight is 625 g/mol. The molecule has 0 N–H and O–H groups in total. The lowest BCUT2D eigenvalue weighted by molar-refractivity contribution is 0.391. The first-order valence-electron chi connectivity index (χ1n) is 11.2. The monoisotopic (exact) mass is 623 g/mol. The molecule has 0 unspecified atom stereocenters. The molecule has 0 heterocycles.